The summed E-state index contributed by atoms with van der Waals surface area (Å²) in [4.78, 5) is 16.2. The molecule has 0 saturated heterocycles. The fourth-order valence-electron chi connectivity index (χ4n) is 2.51. The Morgan fingerprint density at radius 3 is 2.60 bits per heavy atom. The molecule has 25 heavy (non-hydrogen) atoms. The van der Waals surface area contributed by atoms with Gasteiger partial charge in [0, 0.05) is 12.4 Å². The van der Waals surface area contributed by atoms with Crippen molar-refractivity contribution >= 4 is 22.9 Å². The van der Waals surface area contributed by atoms with Gasteiger partial charge in [-0.15, -0.1) is 0 Å². The Balaban J connectivity index is 1.71. The summed E-state index contributed by atoms with van der Waals surface area (Å²) in [5.74, 6) is 0.357. The van der Waals surface area contributed by atoms with E-state index in [1.54, 1.807) is 25.7 Å². The van der Waals surface area contributed by atoms with Gasteiger partial charge < -0.3 is 4.74 Å². The molecule has 0 radical (unpaired) electrons. The van der Waals surface area contributed by atoms with Crippen molar-refractivity contribution in [3.63, 3.8) is 0 Å². The minimum atomic E-state index is -0.305. The third kappa shape index (κ3) is 4.01. The van der Waals surface area contributed by atoms with Crippen molar-refractivity contribution in [2.75, 3.05) is 7.11 Å². The smallest absolute Gasteiger partial charge is 0.247 e. The quantitative estimate of drug-likeness (QED) is 0.574. The van der Waals surface area contributed by atoms with Crippen LogP contribution in [0.2, 0.25) is 0 Å². The molecule has 1 N–H and O–H groups in total. The SMILES string of the molecule is COc1ccc2cc(C(C)C(=O)N/N=C/c3ccncc3)ccc2c1. The van der Waals surface area contributed by atoms with Gasteiger partial charge in [0.15, 0.2) is 0 Å². The van der Waals surface area contributed by atoms with Crippen LogP contribution < -0.4 is 10.2 Å². The van der Waals surface area contributed by atoms with Crippen LogP contribution >= 0.6 is 0 Å². The maximum absolute atomic E-state index is 12.3. The van der Waals surface area contributed by atoms with Crippen LogP contribution in [0, 0.1) is 0 Å². The molecule has 1 heterocycles. The van der Waals surface area contributed by atoms with Gasteiger partial charge in [0.2, 0.25) is 5.91 Å². The first-order chi connectivity index (χ1) is 12.2. The predicted molar refractivity (Wildman–Crippen MR) is 98.9 cm³/mol. The zero-order chi connectivity index (χ0) is 17.6. The molecule has 0 spiro atoms. The second-order valence-corrected chi connectivity index (χ2v) is 5.71. The molecule has 2 aromatic carbocycles. The first-order valence-electron chi connectivity index (χ1n) is 7.98. The molecule has 0 aliphatic rings. The molecule has 1 aromatic heterocycles. The fraction of sp³-hybridized carbons (Fsp3) is 0.150. The van der Waals surface area contributed by atoms with E-state index in [2.05, 4.69) is 15.5 Å². The van der Waals surface area contributed by atoms with Crippen LogP contribution in [0.15, 0.2) is 66.0 Å². The number of rotatable bonds is 5. The molecular formula is C20H19N3O2. The number of benzene rings is 2. The summed E-state index contributed by atoms with van der Waals surface area (Å²) in [6.07, 6.45) is 4.95. The molecule has 5 nitrogen and oxygen atoms in total. The number of aromatic nitrogens is 1. The van der Waals surface area contributed by atoms with Gasteiger partial charge in [-0.05, 0) is 53.1 Å². The van der Waals surface area contributed by atoms with Gasteiger partial charge in [0.25, 0.3) is 0 Å². The topological polar surface area (TPSA) is 63.6 Å². The number of hydrazone groups is 1. The van der Waals surface area contributed by atoms with Crippen LogP contribution in [0.5, 0.6) is 5.75 Å². The number of carbonyl (C=O) groups excluding carboxylic acids is 1. The van der Waals surface area contributed by atoms with Crippen LogP contribution in [0.1, 0.15) is 24.0 Å². The normalized spacial score (nSPS) is 12.2. The van der Waals surface area contributed by atoms with Gasteiger partial charge in [-0.1, -0.05) is 24.3 Å². The van der Waals surface area contributed by atoms with E-state index in [9.17, 15) is 4.79 Å². The number of hydrogen-bond donors (Lipinski definition) is 1. The summed E-state index contributed by atoms with van der Waals surface area (Å²) < 4.78 is 5.24. The number of carbonyl (C=O) groups is 1. The van der Waals surface area contributed by atoms with Gasteiger partial charge >= 0.3 is 0 Å². The zero-order valence-electron chi connectivity index (χ0n) is 14.1. The largest absolute Gasteiger partial charge is 0.497 e. The standard InChI is InChI=1S/C20H19N3O2/c1-14(20(24)23-22-13-15-7-9-21-10-8-15)16-3-4-18-12-19(25-2)6-5-17(18)11-16/h3-14H,1-2H3,(H,23,24)/b22-13+. The highest BCUT2D eigenvalue weighted by atomic mass is 16.5. The lowest BCUT2D eigenvalue weighted by molar-refractivity contribution is -0.122. The minimum absolute atomic E-state index is 0.154. The molecule has 0 aliphatic carbocycles. The number of hydrogen-bond acceptors (Lipinski definition) is 4. The third-order valence-corrected chi connectivity index (χ3v) is 4.06. The number of pyridine rings is 1. The lowest BCUT2D eigenvalue weighted by atomic mass is 9.97. The highest BCUT2D eigenvalue weighted by Crippen LogP contribution is 2.25. The monoisotopic (exact) mass is 333 g/mol. The van der Waals surface area contributed by atoms with Gasteiger partial charge in [0.05, 0.1) is 19.2 Å². The summed E-state index contributed by atoms with van der Waals surface area (Å²) in [5, 5.41) is 6.15. The first kappa shape index (κ1) is 16.6. The molecule has 126 valence electrons. The van der Waals surface area contributed by atoms with E-state index < -0.39 is 0 Å². The number of nitrogens with zero attached hydrogens (tertiary/aromatic N) is 2. The number of amides is 1. The Hall–Kier alpha value is -3.21. The van der Waals surface area contributed by atoms with Crippen LogP contribution in [0.3, 0.4) is 0 Å². The summed E-state index contributed by atoms with van der Waals surface area (Å²) in [6, 6.07) is 15.5. The Bertz CT molecular complexity index is 907. The molecule has 0 aliphatic heterocycles. The molecule has 1 amide bonds. The molecule has 1 atom stereocenters. The number of ether oxygens (including phenoxy) is 1. The van der Waals surface area contributed by atoms with Gasteiger partial charge in [-0.3, -0.25) is 9.78 Å². The van der Waals surface area contributed by atoms with E-state index in [4.69, 9.17) is 4.74 Å². The van der Waals surface area contributed by atoms with E-state index >= 15 is 0 Å². The average Bonchev–Trinajstić information content (AvgIpc) is 2.67. The van der Waals surface area contributed by atoms with E-state index in [-0.39, 0.29) is 11.8 Å². The Morgan fingerprint density at radius 2 is 1.84 bits per heavy atom. The Labute approximate surface area is 146 Å². The van der Waals surface area contributed by atoms with Gasteiger partial charge in [-0.25, -0.2) is 5.43 Å². The van der Waals surface area contributed by atoms with Crippen molar-refractivity contribution < 1.29 is 9.53 Å². The maximum Gasteiger partial charge on any atom is 0.247 e. The van der Waals surface area contributed by atoms with Crippen LogP contribution in [-0.4, -0.2) is 24.2 Å². The van der Waals surface area contributed by atoms with Crippen LogP contribution in [-0.2, 0) is 4.79 Å². The fourth-order valence-corrected chi connectivity index (χ4v) is 2.51. The second-order valence-electron chi connectivity index (χ2n) is 5.71. The molecule has 0 saturated carbocycles. The highest BCUT2D eigenvalue weighted by molar-refractivity contribution is 5.89. The summed E-state index contributed by atoms with van der Waals surface area (Å²) in [6.45, 7) is 1.86. The van der Waals surface area contributed by atoms with Crippen LogP contribution in [0.25, 0.3) is 10.8 Å². The average molecular weight is 333 g/mol. The zero-order valence-corrected chi connectivity index (χ0v) is 14.1. The minimum Gasteiger partial charge on any atom is -0.497 e. The van der Waals surface area contributed by atoms with Crippen LogP contribution in [0.4, 0.5) is 0 Å². The first-order valence-corrected chi connectivity index (χ1v) is 7.98. The molecule has 0 bridgehead atoms. The van der Waals surface area contributed by atoms with E-state index in [1.807, 2.05) is 55.5 Å². The van der Waals surface area contributed by atoms with Crippen molar-refractivity contribution in [3.8, 4) is 5.75 Å². The highest BCUT2D eigenvalue weighted by Gasteiger charge is 2.15. The van der Waals surface area contributed by atoms with Crippen molar-refractivity contribution in [1.82, 2.24) is 10.4 Å². The lowest BCUT2D eigenvalue weighted by Crippen LogP contribution is -2.23. The number of fused-ring (bicyclic) bond motifs is 1. The van der Waals surface area contributed by atoms with Crippen molar-refractivity contribution in [2.24, 2.45) is 5.10 Å². The summed E-state index contributed by atoms with van der Waals surface area (Å²) >= 11 is 0. The Morgan fingerprint density at radius 1 is 1.12 bits per heavy atom. The summed E-state index contributed by atoms with van der Waals surface area (Å²) in [7, 11) is 1.65. The molecule has 0 fully saturated rings. The lowest BCUT2D eigenvalue weighted by Gasteiger charge is -2.11. The van der Waals surface area contributed by atoms with E-state index in [0.717, 1.165) is 27.6 Å². The maximum atomic E-state index is 12.3. The molecular weight excluding hydrogens is 314 g/mol. The van der Waals surface area contributed by atoms with Gasteiger partial charge in [-0.2, -0.15) is 5.10 Å². The Kier molecular flexibility index (Phi) is 5.04. The predicted octanol–water partition coefficient (Wildman–Crippen LogP) is 3.50. The van der Waals surface area contributed by atoms with Crippen molar-refractivity contribution in [3.05, 3.63) is 72.1 Å². The molecule has 3 aromatic rings. The third-order valence-electron chi connectivity index (χ3n) is 4.06. The van der Waals surface area contributed by atoms with E-state index in [0.29, 0.717) is 0 Å². The molecule has 3 rings (SSSR count). The molecule has 5 heteroatoms. The molecule has 1 unspecified atom stereocenters. The van der Waals surface area contributed by atoms with Crippen molar-refractivity contribution in [1.29, 1.82) is 0 Å². The number of methoxy groups -OCH3 is 1. The van der Waals surface area contributed by atoms with Gasteiger partial charge in [0.1, 0.15) is 5.75 Å². The number of nitrogens with one attached hydrogen (secondary N) is 1. The van der Waals surface area contributed by atoms with E-state index in [1.165, 1.54) is 0 Å². The summed E-state index contributed by atoms with van der Waals surface area (Å²) in [5.41, 5.74) is 4.40. The van der Waals surface area contributed by atoms with Crippen molar-refractivity contribution in [2.45, 2.75) is 12.8 Å². The second kappa shape index (κ2) is 7.57.